The monoisotopic (exact) mass is 356 g/mol. The number of benzene rings is 1. The zero-order valence-electron chi connectivity index (χ0n) is 14.8. The fourth-order valence-corrected chi connectivity index (χ4v) is 3.06. The number of ether oxygens (including phenoxy) is 1. The zero-order chi connectivity index (χ0) is 18.8. The van der Waals surface area contributed by atoms with Crippen LogP contribution in [0.25, 0.3) is 17.1 Å². The molecule has 8 nitrogen and oxygen atoms in total. The van der Waals surface area contributed by atoms with Gasteiger partial charge in [0.25, 0.3) is 0 Å². The number of carboxylic acid groups (broad SMARTS) is 1. The van der Waals surface area contributed by atoms with Crippen molar-refractivity contribution in [2.24, 2.45) is 0 Å². The standard InChI is InChI=1S/C18H20N4O4/c1-11-16(12(2)22(20-11)8-9-23)21-7-6-19-17(21)13-4-5-15(26-3)14(10-13)18(24)25/h4-7,10,23H,8-9H2,1-3H3,(H,24,25). The van der Waals surface area contributed by atoms with E-state index in [1.54, 1.807) is 35.3 Å². The molecule has 0 unspecified atom stereocenters. The summed E-state index contributed by atoms with van der Waals surface area (Å²) in [6.07, 6.45) is 3.46. The maximum absolute atomic E-state index is 11.5. The van der Waals surface area contributed by atoms with Crippen molar-refractivity contribution < 1.29 is 19.7 Å². The van der Waals surface area contributed by atoms with Crippen molar-refractivity contribution in [3.63, 3.8) is 0 Å². The number of nitrogens with zero attached hydrogens (tertiary/aromatic N) is 4. The molecule has 3 rings (SSSR count). The fourth-order valence-electron chi connectivity index (χ4n) is 3.06. The van der Waals surface area contributed by atoms with E-state index in [1.807, 2.05) is 18.4 Å². The Bertz CT molecular complexity index is 958. The molecule has 0 bridgehead atoms. The molecule has 0 aliphatic heterocycles. The molecule has 1 aromatic carbocycles. The predicted octanol–water partition coefficient (Wildman–Crippen LogP) is 2.05. The van der Waals surface area contributed by atoms with Gasteiger partial charge in [-0.3, -0.25) is 9.25 Å². The minimum absolute atomic E-state index is 0.00135. The van der Waals surface area contributed by atoms with E-state index in [2.05, 4.69) is 10.1 Å². The third kappa shape index (κ3) is 2.95. The van der Waals surface area contributed by atoms with Crippen molar-refractivity contribution in [1.82, 2.24) is 19.3 Å². The third-order valence-corrected chi connectivity index (χ3v) is 4.22. The van der Waals surface area contributed by atoms with Gasteiger partial charge in [-0.15, -0.1) is 0 Å². The Hall–Kier alpha value is -3.13. The maximum atomic E-state index is 11.5. The molecule has 2 N–H and O–H groups in total. The minimum Gasteiger partial charge on any atom is -0.496 e. The quantitative estimate of drug-likeness (QED) is 0.701. The van der Waals surface area contributed by atoms with Crippen LogP contribution in [0.2, 0.25) is 0 Å². The van der Waals surface area contributed by atoms with E-state index in [1.165, 1.54) is 7.11 Å². The van der Waals surface area contributed by atoms with Crippen molar-refractivity contribution in [3.05, 3.63) is 47.5 Å². The first kappa shape index (κ1) is 17.7. The number of aliphatic hydroxyl groups is 1. The van der Waals surface area contributed by atoms with E-state index in [9.17, 15) is 15.0 Å². The number of hydrogen-bond donors (Lipinski definition) is 2. The van der Waals surface area contributed by atoms with E-state index in [-0.39, 0.29) is 12.2 Å². The van der Waals surface area contributed by atoms with E-state index < -0.39 is 5.97 Å². The van der Waals surface area contributed by atoms with E-state index in [0.29, 0.717) is 23.7 Å². The lowest BCUT2D eigenvalue weighted by molar-refractivity contribution is 0.0693. The highest BCUT2D eigenvalue weighted by Gasteiger charge is 2.19. The number of rotatable bonds is 6. The normalized spacial score (nSPS) is 10.9. The fraction of sp³-hybridized carbons (Fsp3) is 0.278. The first-order chi connectivity index (χ1) is 12.5. The Morgan fingerprint density at radius 2 is 2.08 bits per heavy atom. The van der Waals surface area contributed by atoms with Crippen LogP contribution in [0.3, 0.4) is 0 Å². The molecule has 0 saturated heterocycles. The van der Waals surface area contributed by atoms with Crippen LogP contribution in [0.4, 0.5) is 0 Å². The van der Waals surface area contributed by atoms with Gasteiger partial charge in [-0.25, -0.2) is 9.78 Å². The second kappa shape index (κ2) is 7.01. The van der Waals surface area contributed by atoms with Crippen molar-refractivity contribution >= 4 is 5.97 Å². The van der Waals surface area contributed by atoms with Gasteiger partial charge in [0.2, 0.25) is 0 Å². The van der Waals surface area contributed by atoms with Crippen LogP contribution in [0.15, 0.2) is 30.6 Å². The second-order valence-corrected chi connectivity index (χ2v) is 5.81. The molecular weight excluding hydrogens is 336 g/mol. The summed E-state index contributed by atoms with van der Waals surface area (Å²) in [6, 6.07) is 4.93. The second-order valence-electron chi connectivity index (χ2n) is 5.81. The highest BCUT2D eigenvalue weighted by Crippen LogP contribution is 2.29. The summed E-state index contributed by atoms with van der Waals surface area (Å²) in [5.74, 6) is -0.169. The summed E-state index contributed by atoms with van der Waals surface area (Å²) >= 11 is 0. The van der Waals surface area contributed by atoms with Gasteiger partial charge in [0, 0.05) is 18.0 Å². The van der Waals surface area contributed by atoms with Crippen molar-refractivity contribution in [2.45, 2.75) is 20.4 Å². The number of imidazole rings is 1. The largest absolute Gasteiger partial charge is 0.496 e. The Kier molecular flexibility index (Phi) is 4.77. The van der Waals surface area contributed by atoms with Gasteiger partial charge in [-0.05, 0) is 32.0 Å². The number of methoxy groups -OCH3 is 1. The molecule has 0 spiro atoms. The van der Waals surface area contributed by atoms with E-state index in [4.69, 9.17) is 4.74 Å². The van der Waals surface area contributed by atoms with Crippen LogP contribution in [0.1, 0.15) is 21.7 Å². The van der Waals surface area contributed by atoms with Gasteiger partial charge in [0.15, 0.2) is 0 Å². The van der Waals surface area contributed by atoms with Crippen molar-refractivity contribution in [3.8, 4) is 22.8 Å². The number of carboxylic acids is 1. The molecule has 0 aliphatic rings. The molecule has 0 aliphatic carbocycles. The average molecular weight is 356 g/mol. The Labute approximate surface area is 150 Å². The number of aliphatic hydroxyl groups excluding tert-OH is 1. The number of aromatic carboxylic acids is 1. The van der Waals surface area contributed by atoms with Crippen LogP contribution in [-0.2, 0) is 6.54 Å². The predicted molar refractivity (Wildman–Crippen MR) is 94.9 cm³/mol. The first-order valence-electron chi connectivity index (χ1n) is 8.08. The Balaban J connectivity index is 2.14. The van der Waals surface area contributed by atoms with Crippen LogP contribution in [-0.4, -0.2) is 49.2 Å². The lowest BCUT2D eigenvalue weighted by Gasteiger charge is -2.11. The molecule has 0 radical (unpaired) electrons. The highest BCUT2D eigenvalue weighted by molar-refractivity contribution is 5.92. The molecule has 2 aromatic heterocycles. The number of carbonyl (C=O) groups is 1. The molecule has 2 heterocycles. The van der Waals surface area contributed by atoms with Gasteiger partial charge >= 0.3 is 5.97 Å². The van der Waals surface area contributed by atoms with E-state index >= 15 is 0 Å². The summed E-state index contributed by atoms with van der Waals surface area (Å²) in [4.78, 5) is 15.9. The summed E-state index contributed by atoms with van der Waals surface area (Å²) in [5, 5.41) is 23.1. The summed E-state index contributed by atoms with van der Waals surface area (Å²) in [5.41, 5.74) is 3.27. The maximum Gasteiger partial charge on any atom is 0.339 e. The van der Waals surface area contributed by atoms with Crippen LogP contribution >= 0.6 is 0 Å². The topological polar surface area (TPSA) is 102 Å². The molecule has 0 fully saturated rings. The Morgan fingerprint density at radius 3 is 2.73 bits per heavy atom. The smallest absolute Gasteiger partial charge is 0.339 e. The number of aryl methyl sites for hydroxylation is 1. The molecule has 3 aromatic rings. The highest BCUT2D eigenvalue weighted by atomic mass is 16.5. The van der Waals surface area contributed by atoms with Crippen LogP contribution in [0, 0.1) is 13.8 Å². The lowest BCUT2D eigenvalue weighted by atomic mass is 10.1. The first-order valence-corrected chi connectivity index (χ1v) is 8.08. The SMILES string of the molecule is COc1ccc(-c2nccn2-c2c(C)nn(CCO)c2C)cc1C(=O)O. The van der Waals surface area contributed by atoms with Gasteiger partial charge < -0.3 is 14.9 Å². The minimum atomic E-state index is -1.06. The summed E-state index contributed by atoms with van der Waals surface area (Å²) in [7, 11) is 1.44. The van der Waals surface area contributed by atoms with Gasteiger partial charge in [-0.2, -0.15) is 5.10 Å². The zero-order valence-corrected chi connectivity index (χ0v) is 14.8. The summed E-state index contributed by atoms with van der Waals surface area (Å²) < 4.78 is 8.73. The van der Waals surface area contributed by atoms with Crippen molar-refractivity contribution in [2.75, 3.05) is 13.7 Å². The average Bonchev–Trinajstić information content (AvgIpc) is 3.19. The third-order valence-electron chi connectivity index (χ3n) is 4.22. The molecule has 8 heteroatoms. The summed E-state index contributed by atoms with van der Waals surface area (Å²) in [6.45, 7) is 4.21. The molecular formula is C18H20N4O4. The van der Waals surface area contributed by atoms with Gasteiger partial charge in [0.1, 0.15) is 17.1 Å². The van der Waals surface area contributed by atoms with E-state index in [0.717, 1.165) is 17.1 Å². The molecule has 136 valence electrons. The van der Waals surface area contributed by atoms with Crippen molar-refractivity contribution in [1.29, 1.82) is 0 Å². The Morgan fingerprint density at radius 1 is 1.31 bits per heavy atom. The van der Waals surface area contributed by atoms with Gasteiger partial charge in [-0.1, -0.05) is 0 Å². The van der Waals surface area contributed by atoms with Crippen LogP contribution < -0.4 is 4.74 Å². The van der Waals surface area contributed by atoms with Gasteiger partial charge in [0.05, 0.1) is 37.3 Å². The number of aromatic nitrogens is 4. The van der Waals surface area contributed by atoms with Crippen LogP contribution in [0.5, 0.6) is 5.75 Å². The lowest BCUT2D eigenvalue weighted by Crippen LogP contribution is -2.07. The molecule has 0 atom stereocenters. The number of hydrogen-bond acceptors (Lipinski definition) is 5. The molecule has 26 heavy (non-hydrogen) atoms. The molecule has 0 amide bonds. The molecule has 0 saturated carbocycles.